The van der Waals surface area contributed by atoms with Crippen LogP contribution in [0.1, 0.15) is 13.8 Å². The zero-order valence-corrected chi connectivity index (χ0v) is 11.0. The number of aromatic nitrogens is 2. The minimum absolute atomic E-state index is 0.0694. The first kappa shape index (κ1) is 14.0. The second kappa shape index (κ2) is 6.04. The molecule has 0 aliphatic carbocycles. The Balaban J connectivity index is 2.84. The maximum absolute atomic E-state index is 11.6. The highest BCUT2D eigenvalue weighted by atomic mass is 16.5. The van der Waals surface area contributed by atoms with Crippen molar-refractivity contribution >= 4 is 11.7 Å². The normalized spacial score (nSPS) is 10.3. The van der Waals surface area contributed by atoms with Crippen molar-refractivity contribution < 1.29 is 9.53 Å². The Hall–Kier alpha value is -2.05. The van der Waals surface area contributed by atoms with Crippen molar-refractivity contribution in [2.24, 2.45) is 0 Å². The number of methoxy groups -OCH3 is 1. The largest absolute Gasteiger partial charge is 0.489 e. The second-order valence-electron chi connectivity index (χ2n) is 4.17. The lowest BCUT2D eigenvalue weighted by Crippen LogP contribution is -2.39. The molecule has 0 aliphatic heterocycles. The fourth-order valence-corrected chi connectivity index (χ4v) is 1.49. The molecule has 1 heterocycles. The molecule has 0 aliphatic rings. The van der Waals surface area contributed by atoms with Gasteiger partial charge < -0.3 is 19.9 Å². The number of rotatable bonds is 5. The van der Waals surface area contributed by atoms with Gasteiger partial charge >= 0.3 is 0 Å². The van der Waals surface area contributed by atoms with Crippen molar-refractivity contribution in [1.82, 2.24) is 15.3 Å². The van der Waals surface area contributed by atoms with E-state index in [-0.39, 0.29) is 29.8 Å². The minimum Gasteiger partial charge on any atom is -0.489 e. The summed E-state index contributed by atoms with van der Waals surface area (Å²) in [5.74, 6) is 0.286. The Morgan fingerprint density at radius 2 is 2.28 bits per heavy atom. The average Bonchev–Trinajstić information content (AvgIpc) is 2.27. The molecule has 1 aromatic rings. The fraction of sp³-hybridized carbons (Fsp3) is 0.545. The zero-order chi connectivity index (χ0) is 13.7. The van der Waals surface area contributed by atoms with Gasteiger partial charge in [-0.25, -0.2) is 4.98 Å². The summed E-state index contributed by atoms with van der Waals surface area (Å²) in [5.41, 5.74) is -0.376. The third kappa shape index (κ3) is 3.47. The standard InChI is InChI=1S/C11H18N4O3/c1-7(2)14-8(16)5-15(3)10-9(18-4)11(17)13-6-12-10/h6-7H,5H2,1-4H3,(H,14,16)(H,12,13,17). The van der Waals surface area contributed by atoms with E-state index in [0.29, 0.717) is 5.82 Å². The maximum Gasteiger partial charge on any atom is 0.295 e. The molecule has 18 heavy (non-hydrogen) atoms. The molecule has 7 heteroatoms. The summed E-state index contributed by atoms with van der Waals surface area (Å²) in [5, 5.41) is 2.76. The topological polar surface area (TPSA) is 87.3 Å². The first-order valence-electron chi connectivity index (χ1n) is 5.58. The van der Waals surface area contributed by atoms with E-state index in [1.807, 2.05) is 13.8 Å². The molecule has 0 spiro atoms. The molecular weight excluding hydrogens is 236 g/mol. The third-order valence-electron chi connectivity index (χ3n) is 2.19. The van der Waals surface area contributed by atoms with E-state index in [9.17, 15) is 9.59 Å². The van der Waals surface area contributed by atoms with E-state index in [1.165, 1.54) is 13.4 Å². The Bertz CT molecular complexity index is 470. The highest BCUT2D eigenvalue weighted by Crippen LogP contribution is 2.18. The number of hydrogen-bond donors (Lipinski definition) is 2. The molecule has 1 aromatic heterocycles. The predicted octanol–water partition coefficient (Wildman–Crippen LogP) is -0.261. The van der Waals surface area contributed by atoms with Crippen LogP contribution in [0.25, 0.3) is 0 Å². The lowest BCUT2D eigenvalue weighted by molar-refractivity contribution is -0.120. The van der Waals surface area contributed by atoms with Crippen LogP contribution in [0, 0.1) is 0 Å². The molecule has 0 bridgehead atoms. The van der Waals surface area contributed by atoms with Crippen LogP contribution in [-0.2, 0) is 4.79 Å². The van der Waals surface area contributed by atoms with Crippen molar-refractivity contribution in [2.45, 2.75) is 19.9 Å². The summed E-state index contributed by atoms with van der Waals surface area (Å²) in [7, 11) is 3.06. The number of likely N-dealkylation sites (N-methyl/N-ethyl adjacent to an activating group) is 1. The van der Waals surface area contributed by atoms with Crippen molar-refractivity contribution in [3.05, 3.63) is 16.7 Å². The van der Waals surface area contributed by atoms with Crippen LogP contribution in [0.3, 0.4) is 0 Å². The molecule has 0 radical (unpaired) electrons. The Labute approximate surface area is 105 Å². The van der Waals surface area contributed by atoms with Gasteiger partial charge in [0.05, 0.1) is 20.0 Å². The van der Waals surface area contributed by atoms with Crippen LogP contribution >= 0.6 is 0 Å². The van der Waals surface area contributed by atoms with Gasteiger partial charge in [0.2, 0.25) is 11.7 Å². The molecule has 1 amide bonds. The number of amides is 1. The number of nitrogens with one attached hydrogen (secondary N) is 2. The highest BCUT2D eigenvalue weighted by molar-refractivity contribution is 5.81. The van der Waals surface area contributed by atoms with Crippen molar-refractivity contribution in [2.75, 3.05) is 25.6 Å². The quantitative estimate of drug-likeness (QED) is 0.756. The van der Waals surface area contributed by atoms with Gasteiger partial charge in [0.15, 0.2) is 5.82 Å². The number of carbonyl (C=O) groups is 1. The molecule has 0 saturated heterocycles. The molecule has 0 aromatic carbocycles. The Kier molecular flexibility index (Phi) is 4.70. The lowest BCUT2D eigenvalue weighted by atomic mass is 10.3. The molecule has 0 atom stereocenters. The van der Waals surface area contributed by atoms with Gasteiger partial charge in [-0.2, -0.15) is 0 Å². The number of carbonyl (C=O) groups excluding carboxylic acids is 1. The van der Waals surface area contributed by atoms with Crippen LogP contribution in [0.5, 0.6) is 5.75 Å². The van der Waals surface area contributed by atoms with E-state index in [1.54, 1.807) is 11.9 Å². The third-order valence-corrected chi connectivity index (χ3v) is 2.19. The van der Waals surface area contributed by atoms with Gasteiger partial charge in [-0.3, -0.25) is 9.59 Å². The van der Waals surface area contributed by atoms with Crippen molar-refractivity contribution in [1.29, 1.82) is 0 Å². The summed E-state index contributed by atoms with van der Waals surface area (Å²) in [4.78, 5) is 31.1. The van der Waals surface area contributed by atoms with Gasteiger partial charge in [-0.15, -0.1) is 0 Å². The summed E-state index contributed by atoms with van der Waals surface area (Å²) in [6.45, 7) is 3.86. The van der Waals surface area contributed by atoms with E-state index in [4.69, 9.17) is 4.74 Å². The van der Waals surface area contributed by atoms with Gasteiger partial charge in [0.25, 0.3) is 5.56 Å². The van der Waals surface area contributed by atoms with Gasteiger partial charge in [-0.05, 0) is 13.8 Å². The van der Waals surface area contributed by atoms with E-state index >= 15 is 0 Å². The number of ether oxygens (including phenoxy) is 1. The number of nitrogens with zero attached hydrogens (tertiary/aromatic N) is 2. The van der Waals surface area contributed by atoms with Crippen molar-refractivity contribution in [3.8, 4) is 5.75 Å². The van der Waals surface area contributed by atoms with Crippen LogP contribution in [0.4, 0.5) is 5.82 Å². The predicted molar refractivity (Wildman–Crippen MR) is 68.0 cm³/mol. The number of anilines is 1. The zero-order valence-electron chi connectivity index (χ0n) is 11.0. The molecule has 1 rings (SSSR count). The van der Waals surface area contributed by atoms with Crippen molar-refractivity contribution in [3.63, 3.8) is 0 Å². The minimum atomic E-state index is -0.376. The lowest BCUT2D eigenvalue weighted by Gasteiger charge is -2.19. The molecular formula is C11H18N4O3. The van der Waals surface area contributed by atoms with Gasteiger partial charge in [0, 0.05) is 13.1 Å². The van der Waals surface area contributed by atoms with E-state index in [2.05, 4.69) is 15.3 Å². The maximum atomic E-state index is 11.6. The van der Waals surface area contributed by atoms with Gasteiger partial charge in [0.1, 0.15) is 0 Å². The van der Waals surface area contributed by atoms with Crippen LogP contribution in [-0.4, -0.2) is 42.6 Å². The fourth-order valence-electron chi connectivity index (χ4n) is 1.49. The summed E-state index contributed by atoms with van der Waals surface area (Å²) < 4.78 is 4.98. The molecule has 7 nitrogen and oxygen atoms in total. The first-order chi connectivity index (χ1) is 8.45. The van der Waals surface area contributed by atoms with E-state index < -0.39 is 0 Å². The summed E-state index contributed by atoms with van der Waals surface area (Å²) >= 11 is 0. The number of H-pyrrole nitrogens is 1. The van der Waals surface area contributed by atoms with E-state index in [0.717, 1.165) is 0 Å². The van der Waals surface area contributed by atoms with Crippen LogP contribution in [0.15, 0.2) is 11.1 Å². The number of hydrogen-bond acceptors (Lipinski definition) is 5. The Morgan fingerprint density at radius 3 is 2.83 bits per heavy atom. The average molecular weight is 254 g/mol. The first-order valence-corrected chi connectivity index (χ1v) is 5.58. The summed E-state index contributed by atoms with van der Waals surface area (Å²) in [6, 6.07) is 0.0694. The Morgan fingerprint density at radius 1 is 1.61 bits per heavy atom. The SMILES string of the molecule is COc1c(N(C)CC(=O)NC(C)C)nc[nH]c1=O. The molecule has 0 unspecified atom stereocenters. The smallest absolute Gasteiger partial charge is 0.295 e. The molecule has 100 valence electrons. The monoisotopic (exact) mass is 254 g/mol. The highest BCUT2D eigenvalue weighted by Gasteiger charge is 2.16. The molecule has 0 saturated carbocycles. The number of aromatic amines is 1. The second-order valence-corrected chi connectivity index (χ2v) is 4.17. The molecule has 0 fully saturated rings. The van der Waals surface area contributed by atoms with Crippen LogP contribution < -0.4 is 20.5 Å². The molecule has 2 N–H and O–H groups in total. The van der Waals surface area contributed by atoms with Gasteiger partial charge in [-0.1, -0.05) is 0 Å². The summed E-state index contributed by atoms with van der Waals surface area (Å²) in [6.07, 6.45) is 1.27. The van der Waals surface area contributed by atoms with Crippen LogP contribution in [0.2, 0.25) is 0 Å².